The van der Waals surface area contributed by atoms with Gasteiger partial charge in [-0.3, -0.25) is 0 Å². The van der Waals surface area contributed by atoms with Crippen LogP contribution in [-0.2, 0) is 11.3 Å². The molecule has 4 heteroatoms. The van der Waals surface area contributed by atoms with Gasteiger partial charge in [0.25, 0.3) is 6.16 Å². The summed E-state index contributed by atoms with van der Waals surface area (Å²) >= 11 is 0. The maximum atomic E-state index is 9.84. The van der Waals surface area contributed by atoms with E-state index in [-0.39, 0.29) is 36.2 Å². The largest absolute Gasteiger partial charge is 1.00 e. The molecular formula is C8H7NaO3. The monoisotopic (exact) mass is 174 g/mol. The molecule has 0 bridgehead atoms. The van der Waals surface area contributed by atoms with Gasteiger partial charge in [-0.25, -0.2) is 0 Å². The molecule has 0 aliphatic carbocycles. The smallest absolute Gasteiger partial charge is 0.545 e. The molecule has 12 heavy (non-hydrogen) atoms. The number of hydrogen-bond acceptors (Lipinski definition) is 3. The molecule has 0 saturated heterocycles. The molecule has 3 nitrogen and oxygen atoms in total. The fraction of sp³-hybridized carbons (Fsp3) is 0.125. The van der Waals surface area contributed by atoms with Crippen molar-refractivity contribution < 1.29 is 44.2 Å². The Kier molecular flexibility index (Phi) is 5.80. The van der Waals surface area contributed by atoms with E-state index in [4.69, 9.17) is 0 Å². The molecule has 0 unspecified atom stereocenters. The number of hydrogen-bond donors (Lipinski definition) is 0. The number of carbonyl (C=O) groups is 1. The second-order valence-electron chi connectivity index (χ2n) is 2.02. The molecule has 58 valence electrons. The van der Waals surface area contributed by atoms with Gasteiger partial charge in [0.05, 0.1) is 6.61 Å². The molecule has 0 amide bonds. The molecule has 1 rings (SSSR count). The third kappa shape index (κ3) is 4.38. The van der Waals surface area contributed by atoms with Crippen LogP contribution in [0.4, 0.5) is 4.79 Å². The van der Waals surface area contributed by atoms with Crippen molar-refractivity contribution >= 4 is 6.16 Å². The first-order valence-electron chi connectivity index (χ1n) is 3.17. The van der Waals surface area contributed by atoms with Crippen molar-refractivity contribution in [2.24, 2.45) is 0 Å². The summed E-state index contributed by atoms with van der Waals surface area (Å²) in [6, 6.07) is 9.04. The number of carbonyl (C=O) groups excluding carboxylic acids is 1. The first-order valence-corrected chi connectivity index (χ1v) is 3.17. The van der Waals surface area contributed by atoms with Gasteiger partial charge >= 0.3 is 29.6 Å². The molecule has 0 radical (unpaired) electrons. The maximum Gasteiger partial charge on any atom is 1.00 e. The summed E-state index contributed by atoms with van der Waals surface area (Å²) in [4.78, 5) is 9.84. The quantitative estimate of drug-likeness (QED) is 0.369. The van der Waals surface area contributed by atoms with Gasteiger partial charge in [0.15, 0.2) is 0 Å². The molecular weight excluding hydrogens is 167 g/mol. The zero-order chi connectivity index (χ0) is 8.10. The van der Waals surface area contributed by atoms with Crippen LogP contribution in [0.3, 0.4) is 0 Å². The fourth-order valence-electron chi connectivity index (χ4n) is 0.716. The summed E-state index contributed by atoms with van der Waals surface area (Å²) in [7, 11) is 0. The van der Waals surface area contributed by atoms with E-state index in [0.717, 1.165) is 5.56 Å². The Bertz CT molecular complexity index is 235. The predicted molar refractivity (Wildman–Crippen MR) is 36.6 cm³/mol. The van der Waals surface area contributed by atoms with Gasteiger partial charge in [-0.05, 0) is 5.56 Å². The van der Waals surface area contributed by atoms with E-state index in [1.54, 1.807) is 12.1 Å². The van der Waals surface area contributed by atoms with Crippen molar-refractivity contribution in [2.45, 2.75) is 6.61 Å². The minimum atomic E-state index is -1.49. The van der Waals surface area contributed by atoms with E-state index >= 15 is 0 Å². The van der Waals surface area contributed by atoms with Crippen molar-refractivity contribution in [1.82, 2.24) is 0 Å². The normalized spacial score (nSPS) is 8.33. The van der Waals surface area contributed by atoms with E-state index in [1.807, 2.05) is 18.2 Å². The van der Waals surface area contributed by atoms with Crippen LogP contribution in [0.5, 0.6) is 0 Å². The summed E-state index contributed by atoms with van der Waals surface area (Å²) in [5, 5.41) is 9.84. The SMILES string of the molecule is O=C([O-])OCc1ccccc1.[Na+]. The molecule has 0 aliphatic rings. The van der Waals surface area contributed by atoms with Crippen molar-refractivity contribution in [3.05, 3.63) is 35.9 Å². The number of carboxylic acid groups (broad SMARTS) is 1. The minimum Gasteiger partial charge on any atom is -0.545 e. The van der Waals surface area contributed by atoms with Gasteiger partial charge in [-0.1, -0.05) is 30.3 Å². The van der Waals surface area contributed by atoms with E-state index in [9.17, 15) is 9.90 Å². The van der Waals surface area contributed by atoms with Gasteiger partial charge in [0, 0.05) is 0 Å². The summed E-state index contributed by atoms with van der Waals surface area (Å²) < 4.78 is 4.23. The Labute approximate surface area is 92.6 Å². The van der Waals surface area contributed by atoms with Gasteiger partial charge in [-0.2, -0.15) is 0 Å². The maximum absolute atomic E-state index is 9.84. The number of benzene rings is 1. The number of ether oxygens (including phenoxy) is 1. The molecule has 0 aromatic heterocycles. The standard InChI is InChI=1S/C8H8O3.Na/c9-8(10)11-6-7-4-2-1-3-5-7;/h1-5H,6H2,(H,9,10);/q;+1/p-1. The van der Waals surface area contributed by atoms with Gasteiger partial charge in [-0.15, -0.1) is 0 Å². The van der Waals surface area contributed by atoms with Crippen LogP contribution in [0.2, 0.25) is 0 Å². The summed E-state index contributed by atoms with van der Waals surface area (Å²) in [6.07, 6.45) is -1.49. The van der Waals surface area contributed by atoms with E-state index in [2.05, 4.69) is 4.74 Å². The van der Waals surface area contributed by atoms with E-state index in [0.29, 0.717) is 0 Å². The van der Waals surface area contributed by atoms with Gasteiger partial charge < -0.3 is 14.6 Å². The molecule has 0 heterocycles. The zero-order valence-electron chi connectivity index (χ0n) is 6.82. The van der Waals surface area contributed by atoms with Crippen molar-refractivity contribution in [3.63, 3.8) is 0 Å². The van der Waals surface area contributed by atoms with Crippen LogP contribution < -0.4 is 34.7 Å². The summed E-state index contributed by atoms with van der Waals surface area (Å²) in [5.41, 5.74) is 0.816. The molecule has 0 aliphatic heterocycles. The fourth-order valence-corrected chi connectivity index (χ4v) is 0.716. The van der Waals surface area contributed by atoms with Crippen LogP contribution >= 0.6 is 0 Å². The van der Waals surface area contributed by atoms with Crippen LogP contribution in [-0.4, -0.2) is 6.16 Å². The topological polar surface area (TPSA) is 49.4 Å². The first-order chi connectivity index (χ1) is 5.29. The third-order valence-electron chi connectivity index (χ3n) is 1.20. The summed E-state index contributed by atoms with van der Waals surface area (Å²) in [5.74, 6) is 0. The average Bonchev–Trinajstić information content (AvgIpc) is 2.03. The van der Waals surface area contributed by atoms with Crippen LogP contribution in [0.1, 0.15) is 5.56 Å². The molecule has 0 fully saturated rings. The van der Waals surface area contributed by atoms with E-state index in [1.165, 1.54) is 0 Å². The van der Waals surface area contributed by atoms with Crippen LogP contribution in [0, 0.1) is 0 Å². The minimum absolute atomic E-state index is 0. The second kappa shape index (κ2) is 6.06. The van der Waals surface area contributed by atoms with Crippen molar-refractivity contribution in [3.8, 4) is 0 Å². The van der Waals surface area contributed by atoms with Crippen molar-refractivity contribution in [2.75, 3.05) is 0 Å². The van der Waals surface area contributed by atoms with Crippen LogP contribution in [0.25, 0.3) is 0 Å². The Morgan fingerprint density at radius 3 is 2.42 bits per heavy atom. The Balaban J connectivity index is 0.00000121. The molecule has 1 aromatic carbocycles. The first kappa shape index (κ1) is 11.5. The van der Waals surface area contributed by atoms with Gasteiger partial charge in [0.2, 0.25) is 0 Å². The molecule has 1 aromatic rings. The molecule has 0 N–H and O–H groups in total. The van der Waals surface area contributed by atoms with E-state index < -0.39 is 6.16 Å². The third-order valence-corrected chi connectivity index (χ3v) is 1.20. The van der Waals surface area contributed by atoms with Crippen molar-refractivity contribution in [1.29, 1.82) is 0 Å². The summed E-state index contributed by atoms with van der Waals surface area (Å²) in [6.45, 7) is 0.0587. The average molecular weight is 174 g/mol. The molecule has 0 spiro atoms. The van der Waals surface area contributed by atoms with Crippen LogP contribution in [0.15, 0.2) is 30.3 Å². The zero-order valence-corrected chi connectivity index (χ0v) is 8.82. The molecule has 0 saturated carbocycles. The van der Waals surface area contributed by atoms with Gasteiger partial charge in [0.1, 0.15) is 0 Å². The Hall–Kier alpha value is -0.510. The Morgan fingerprint density at radius 2 is 1.92 bits per heavy atom. The predicted octanol–water partition coefficient (Wildman–Crippen LogP) is -2.45. The molecule has 0 atom stereocenters. The second-order valence-corrected chi connectivity index (χ2v) is 2.02. The Morgan fingerprint density at radius 1 is 1.33 bits per heavy atom. The number of rotatable bonds is 2.